The Labute approximate surface area is 384 Å². The highest BCUT2D eigenvalue weighted by Crippen LogP contribution is 2.28. The van der Waals surface area contributed by atoms with E-state index in [1.54, 1.807) is 24.3 Å². The Bertz CT molecular complexity index is 1450. The van der Waals surface area contributed by atoms with Crippen LogP contribution in [-0.4, -0.2) is 114 Å². The summed E-state index contributed by atoms with van der Waals surface area (Å²) < 4.78 is 27.4. The summed E-state index contributed by atoms with van der Waals surface area (Å²) in [7, 11) is 3.01. The van der Waals surface area contributed by atoms with E-state index in [4.69, 9.17) is 23.7 Å². The molecule has 366 valence electrons. The second-order valence-corrected chi connectivity index (χ2v) is 17.1. The minimum atomic E-state index is -1.72. The van der Waals surface area contributed by atoms with Gasteiger partial charge in [-0.25, -0.2) is 4.79 Å². The number of rotatable bonds is 37. The standard InChI is InChI=1S/C51H85NO12/c1-5-7-9-11-13-15-17-18-19-21-22-24-26-28-30-41(53)40(52-50(59)42(54)31-29-27-25-23-20-16-14-12-10-8-6-2)37-63-51-49(58)48(57)47(56)45(64-51)38-62-46(55)35-33-39-32-34-43(60-3)44(36-39)61-4/h20,23,28,30,32-36,40-42,45,47-49,51,53-54,56-58H,5-19,21-22,24-27,29,31,37-38H2,1-4H3,(H,52,59)/b23-20-,30-28+,35-33+/t40-,41?,42+,45+,47+,48-,49+,51-/m0/s1. The second-order valence-electron chi connectivity index (χ2n) is 17.1. The van der Waals surface area contributed by atoms with E-state index in [2.05, 4.69) is 31.3 Å². The van der Waals surface area contributed by atoms with Gasteiger partial charge in [0.2, 0.25) is 5.91 Å². The number of hydrogen-bond acceptors (Lipinski definition) is 12. The summed E-state index contributed by atoms with van der Waals surface area (Å²) in [5, 5.41) is 56.8. The van der Waals surface area contributed by atoms with Crippen LogP contribution in [0.15, 0.2) is 48.6 Å². The zero-order chi connectivity index (χ0) is 46.8. The van der Waals surface area contributed by atoms with Crippen LogP contribution in [0.5, 0.6) is 11.5 Å². The van der Waals surface area contributed by atoms with Crippen LogP contribution in [-0.2, 0) is 23.8 Å². The Hall–Kier alpha value is -3.30. The van der Waals surface area contributed by atoms with Crippen molar-refractivity contribution in [3.05, 3.63) is 54.1 Å². The molecule has 1 aliphatic rings. The molecule has 64 heavy (non-hydrogen) atoms. The van der Waals surface area contributed by atoms with Crippen LogP contribution >= 0.6 is 0 Å². The molecule has 6 N–H and O–H groups in total. The van der Waals surface area contributed by atoms with Crippen LogP contribution in [0.2, 0.25) is 0 Å². The second kappa shape index (κ2) is 35.9. The molecule has 1 unspecified atom stereocenters. The van der Waals surface area contributed by atoms with Gasteiger partial charge < -0.3 is 54.5 Å². The highest BCUT2D eigenvalue weighted by atomic mass is 16.7. The van der Waals surface area contributed by atoms with Crippen molar-refractivity contribution >= 4 is 18.0 Å². The van der Waals surface area contributed by atoms with Crippen molar-refractivity contribution in [1.82, 2.24) is 5.32 Å². The van der Waals surface area contributed by atoms with E-state index in [1.165, 1.54) is 116 Å². The number of carbonyl (C=O) groups is 2. The molecule has 0 aliphatic carbocycles. The fourth-order valence-electron chi connectivity index (χ4n) is 7.53. The maximum atomic E-state index is 13.2. The Morgan fingerprint density at radius 1 is 0.703 bits per heavy atom. The summed E-state index contributed by atoms with van der Waals surface area (Å²) in [5.74, 6) is -0.424. The van der Waals surface area contributed by atoms with Crippen LogP contribution in [0.4, 0.5) is 0 Å². The molecule has 1 amide bonds. The maximum Gasteiger partial charge on any atom is 0.330 e. The van der Waals surface area contributed by atoms with E-state index >= 15 is 0 Å². The quantitative estimate of drug-likeness (QED) is 0.0162. The molecule has 1 heterocycles. The van der Waals surface area contributed by atoms with Crippen molar-refractivity contribution in [1.29, 1.82) is 0 Å². The van der Waals surface area contributed by atoms with E-state index in [0.29, 0.717) is 23.5 Å². The Kier molecular flexibility index (Phi) is 31.9. The summed E-state index contributed by atoms with van der Waals surface area (Å²) in [6, 6.07) is 4.03. The van der Waals surface area contributed by atoms with Gasteiger partial charge in [0.15, 0.2) is 17.8 Å². The largest absolute Gasteiger partial charge is 0.493 e. The molecule has 0 bridgehead atoms. The van der Waals surface area contributed by atoms with Crippen molar-refractivity contribution in [3.8, 4) is 11.5 Å². The lowest BCUT2D eigenvalue weighted by atomic mass is 9.99. The fraction of sp³-hybridized carbons (Fsp3) is 0.725. The number of methoxy groups -OCH3 is 2. The lowest BCUT2D eigenvalue weighted by Gasteiger charge is -2.40. The summed E-state index contributed by atoms with van der Waals surface area (Å²) in [5.41, 5.74) is 0.637. The van der Waals surface area contributed by atoms with Gasteiger partial charge in [-0.3, -0.25) is 4.79 Å². The molecule has 8 atom stereocenters. The van der Waals surface area contributed by atoms with Gasteiger partial charge in [-0.05, 0) is 68.7 Å². The van der Waals surface area contributed by atoms with Gasteiger partial charge in [-0.15, -0.1) is 0 Å². The third kappa shape index (κ3) is 24.3. The van der Waals surface area contributed by atoms with Crippen molar-refractivity contribution in [3.63, 3.8) is 0 Å². The van der Waals surface area contributed by atoms with Gasteiger partial charge in [-0.1, -0.05) is 147 Å². The highest BCUT2D eigenvalue weighted by molar-refractivity contribution is 5.87. The Balaban J connectivity index is 1.95. The third-order valence-electron chi connectivity index (χ3n) is 11.7. The van der Waals surface area contributed by atoms with Gasteiger partial charge in [0.05, 0.1) is 33.0 Å². The van der Waals surface area contributed by atoms with Gasteiger partial charge in [0.1, 0.15) is 37.1 Å². The number of ether oxygens (including phenoxy) is 5. The van der Waals surface area contributed by atoms with Crippen LogP contribution in [0.25, 0.3) is 6.08 Å². The maximum absolute atomic E-state index is 13.2. The first kappa shape index (κ1) is 56.8. The molecule has 1 aliphatic heterocycles. The number of nitrogens with one attached hydrogen (secondary N) is 1. The van der Waals surface area contributed by atoms with Crippen molar-refractivity contribution in [2.75, 3.05) is 27.4 Å². The Morgan fingerprint density at radius 2 is 1.25 bits per heavy atom. The summed E-state index contributed by atoms with van der Waals surface area (Å²) in [6.07, 6.45) is 25.6. The fourth-order valence-corrected chi connectivity index (χ4v) is 7.53. The average Bonchev–Trinajstić information content (AvgIpc) is 3.30. The van der Waals surface area contributed by atoms with E-state index in [9.17, 15) is 35.1 Å². The number of hydrogen-bond donors (Lipinski definition) is 6. The monoisotopic (exact) mass is 904 g/mol. The highest BCUT2D eigenvalue weighted by Gasteiger charge is 2.45. The number of aliphatic hydroxyl groups excluding tert-OH is 5. The number of allylic oxidation sites excluding steroid dienone is 3. The molecule has 0 saturated carbocycles. The van der Waals surface area contributed by atoms with Crippen molar-refractivity contribution in [2.45, 2.75) is 210 Å². The van der Waals surface area contributed by atoms with Gasteiger partial charge in [0.25, 0.3) is 0 Å². The molecule has 1 aromatic rings. The van der Waals surface area contributed by atoms with Crippen LogP contribution in [0.3, 0.4) is 0 Å². The van der Waals surface area contributed by atoms with E-state index in [0.717, 1.165) is 44.9 Å². The number of esters is 1. The molecule has 13 nitrogen and oxygen atoms in total. The average molecular weight is 904 g/mol. The smallest absolute Gasteiger partial charge is 0.330 e. The van der Waals surface area contributed by atoms with Crippen molar-refractivity contribution < 1.29 is 58.8 Å². The molecule has 1 fully saturated rings. The molecular weight excluding hydrogens is 819 g/mol. The molecule has 0 radical (unpaired) electrons. The Morgan fingerprint density at radius 3 is 1.83 bits per heavy atom. The minimum absolute atomic E-state index is 0.244. The first-order chi connectivity index (χ1) is 31.1. The van der Waals surface area contributed by atoms with E-state index in [-0.39, 0.29) is 13.0 Å². The molecule has 1 aromatic carbocycles. The van der Waals surface area contributed by atoms with Crippen molar-refractivity contribution in [2.24, 2.45) is 0 Å². The number of unbranched alkanes of at least 4 members (excludes halogenated alkanes) is 19. The molecule has 1 saturated heterocycles. The molecular formula is C51H85NO12. The normalized spacial score (nSPS) is 20.5. The van der Waals surface area contributed by atoms with E-state index in [1.807, 2.05) is 6.08 Å². The number of benzene rings is 1. The minimum Gasteiger partial charge on any atom is -0.493 e. The first-order valence-corrected chi connectivity index (χ1v) is 24.4. The summed E-state index contributed by atoms with van der Waals surface area (Å²) >= 11 is 0. The van der Waals surface area contributed by atoms with Gasteiger partial charge in [0, 0.05) is 6.08 Å². The van der Waals surface area contributed by atoms with Gasteiger partial charge >= 0.3 is 5.97 Å². The zero-order valence-corrected chi connectivity index (χ0v) is 39.6. The predicted molar refractivity (Wildman–Crippen MR) is 252 cm³/mol. The lowest BCUT2D eigenvalue weighted by molar-refractivity contribution is -0.303. The number of amides is 1. The van der Waals surface area contributed by atoms with Gasteiger partial charge in [-0.2, -0.15) is 0 Å². The van der Waals surface area contributed by atoms with Crippen LogP contribution in [0, 0.1) is 0 Å². The molecule has 0 aromatic heterocycles. The zero-order valence-electron chi connectivity index (χ0n) is 39.6. The first-order valence-electron chi connectivity index (χ1n) is 24.4. The lowest BCUT2D eigenvalue weighted by Crippen LogP contribution is -2.60. The van der Waals surface area contributed by atoms with Crippen LogP contribution < -0.4 is 14.8 Å². The molecule has 0 spiro atoms. The SMILES string of the molecule is CCCCCCC/C=C\CCCC[C@@H](O)C(=O)N[C@@H](CO[C@H]1O[C@H](COC(=O)/C=C/c2ccc(OC)c(OC)c2)[C@@H](O)[C@H](O)[C@H]1O)C(O)/C=C/CCCCCCCCCCCCCC. The predicted octanol–water partition coefficient (Wildman–Crippen LogP) is 8.42. The molecule has 2 rings (SSSR count). The summed E-state index contributed by atoms with van der Waals surface area (Å²) in [6.45, 7) is 3.59. The number of carbonyl (C=O) groups excluding carboxylic acids is 2. The number of aliphatic hydroxyl groups is 5. The van der Waals surface area contributed by atoms with E-state index < -0.39 is 67.4 Å². The molecule has 13 heteroatoms. The third-order valence-corrected chi connectivity index (χ3v) is 11.7. The van der Waals surface area contributed by atoms with Crippen LogP contribution in [0.1, 0.15) is 167 Å². The topological polar surface area (TPSA) is 193 Å². The summed E-state index contributed by atoms with van der Waals surface area (Å²) in [4.78, 5) is 25.8.